The molecule has 4 rings (SSSR count). The third-order valence-electron chi connectivity index (χ3n) is 5.99. The van der Waals surface area contributed by atoms with Crippen molar-refractivity contribution in [2.24, 2.45) is 18.0 Å². The van der Waals surface area contributed by atoms with Crippen molar-refractivity contribution in [3.63, 3.8) is 0 Å². The van der Waals surface area contributed by atoms with Crippen molar-refractivity contribution in [2.75, 3.05) is 26.3 Å². The monoisotopic (exact) mass is 532 g/mol. The molecule has 0 atom stereocenters. The Balaban J connectivity index is 1.81. The zero-order chi connectivity index (χ0) is 27.8. The summed E-state index contributed by atoms with van der Waals surface area (Å²) >= 11 is 0. The van der Waals surface area contributed by atoms with Crippen LogP contribution in [0.4, 0.5) is 4.39 Å². The lowest BCUT2D eigenvalue weighted by molar-refractivity contribution is 0.0303. The standard InChI is InChI=1S/C28H29FN6O4/c1-3-4-22(16-31-30)33-27(36)25-13-23(20-15-32-34(2)17-20)24(28(37)35-9-11-38-12-10-35)14-26(25)39-18-19-5-7-21(29)8-6-19/h3-8,13-17H,1,9-12,18,30H2,2H3,(H,33,36)/b22-4+,31-16-. The first-order valence-electron chi connectivity index (χ1n) is 12.2. The van der Waals surface area contributed by atoms with E-state index in [1.807, 2.05) is 0 Å². The van der Waals surface area contributed by atoms with E-state index in [1.54, 1.807) is 53.3 Å². The summed E-state index contributed by atoms with van der Waals surface area (Å²) in [6, 6.07) is 8.98. The lowest BCUT2D eigenvalue weighted by Crippen LogP contribution is -2.41. The molecule has 2 aromatic carbocycles. The summed E-state index contributed by atoms with van der Waals surface area (Å²) in [6.45, 7) is 5.42. The minimum atomic E-state index is -0.521. The lowest BCUT2D eigenvalue weighted by Gasteiger charge is -2.28. The predicted octanol–water partition coefficient (Wildman–Crippen LogP) is 3.02. The van der Waals surface area contributed by atoms with Crippen LogP contribution in [-0.2, 0) is 18.4 Å². The van der Waals surface area contributed by atoms with Gasteiger partial charge in [-0.2, -0.15) is 10.2 Å². The summed E-state index contributed by atoms with van der Waals surface area (Å²) in [6.07, 6.45) is 7.67. The van der Waals surface area contributed by atoms with Crippen molar-refractivity contribution in [1.82, 2.24) is 20.0 Å². The Morgan fingerprint density at radius 2 is 1.97 bits per heavy atom. The van der Waals surface area contributed by atoms with E-state index in [0.29, 0.717) is 54.3 Å². The second-order valence-electron chi connectivity index (χ2n) is 8.71. The maximum atomic E-state index is 13.7. The van der Waals surface area contributed by atoms with Gasteiger partial charge in [-0.05, 0) is 41.5 Å². The van der Waals surface area contributed by atoms with E-state index in [4.69, 9.17) is 15.3 Å². The van der Waals surface area contributed by atoms with Gasteiger partial charge < -0.3 is 25.5 Å². The van der Waals surface area contributed by atoms with Crippen molar-refractivity contribution < 1.29 is 23.5 Å². The molecule has 0 radical (unpaired) electrons. The molecular formula is C28H29FN6O4. The van der Waals surface area contributed by atoms with Gasteiger partial charge >= 0.3 is 0 Å². The van der Waals surface area contributed by atoms with Crippen molar-refractivity contribution in [3.05, 3.63) is 95.7 Å². The van der Waals surface area contributed by atoms with Gasteiger partial charge in [0.1, 0.15) is 18.2 Å². The van der Waals surface area contributed by atoms with Crippen LogP contribution >= 0.6 is 0 Å². The van der Waals surface area contributed by atoms with Gasteiger partial charge in [0.05, 0.1) is 42.4 Å². The molecule has 1 aliphatic heterocycles. The van der Waals surface area contributed by atoms with E-state index in [1.165, 1.54) is 30.5 Å². The molecule has 2 heterocycles. The van der Waals surface area contributed by atoms with Gasteiger partial charge in [-0.25, -0.2) is 4.39 Å². The third kappa shape index (κ3) is 6.76. The first kappa shape index (κ1) is 27.3. The zero-order valence-corrected chi connectivity index (χ0v) is 21.5. The number of morpholine rings is 1. The molecule has 0 unspecified atom stereocenters. The average molecular weight is 533 g/mol. The van der Waals surface area contributed by atoms with Gasteiger partial charge in [0.2, 0.25) is 0 Å². The molecule has 3 aromatic rings. The first-order chi connectivity index (χ1) is 18.9. The maximum absolute atomic E-state index is 13.7. The third-order valence-corrected chi connectivity index (χ3v) is 5.99. The molecule has 39 heavy (non-hydrogen) atoms. The first-order valence-corrected chi connectivity index (χ1v) is 12.2. The van der Waals surface area contributed by atoms with Crippen molar-refractivity contribution in [2.45, 2.75) is 6.61 Å². The van der Waals surface area contributed by atoms with Crippen LogP contribution in [0.15, 0.2) is 78.3 Å². The summed E-state index contributed by atoms with van der Waals surface area (Å²) in [4.78, 5) is 28.9. The van der Waals surface area contributed by atoms with Crippen molar-refractivity contribution in [1.29, 1.82) is 0 Å². The number of nitrogens with two attached hydrogens (primary N) is 1. The van der Waals surface area contributed by atoms with Crippen molar-refractivity contribution in [3.8, 4) is 16.9 Å². The van der Waals surface area contributed by atoms with Gasteiger partial charge in [-0.3, -0.25) is 14.3 Å². The van der Waals surface area contributed by atoms with Crippen LogP contribution in [0.25, 0.3) is 11.1 Å². The van der Waals surface area contributed by atoms with E-state index in [0.717, 1.165) is 0 Å². The fourth-order valence-corrected chi connectivity index (χ4v) is 4.05. The van der Waals surface area contributed by atoms with Gasteiger partial charge in [-0.1, -0.05) is 24.8 Å². The smallest absolute Gasteiger partial charge is 0.259 e. The SMILES string of the molecule is C=C/C=C(\C=N/N)NC(=O)c1cc(-c2cnn(C)c2)c(C(=O)N2CCOCC2)cc1OCc1ccc(F)cc1. The Bertz CT molecular complexity index is 1410. The minimum absolute atomic E-state index is 0.0393. The van der Waals surface area contributed by atoms with Crippen LogP contribution in [0.1, 0.15) is 26.3 Å². The number of carbonyl (C=O) groups is 2. The number of hydrazone groups is 1. The number of carbonyl (C=O) groups excluding carboxylic acids is 2. The molecule has 2 amide bonds. The summed E-state index contributed by atoms with van der Waals surface area (Å²) in [5.74, 6) is 4.34. The number of halogens is 1. The molecule has 202 valence electrons. The molecule has 1 saturated heterocycles. The Morgan fingerprint density at radius 3 is 2.62 bits per heavy atom. The highest BCUT2D eigenvalue weighted by atomic mass is 19.1. The van der Waals surface area contributed by atoms with Crippen LogP contribution < -0.4 is 15.9 Å². The molecule has 0 aliphatic carbocycles. The van der Waals surface area contributed by atoms with Crippen LogP contribution in [0.5, 0.6) is 5.75 Å². The Hall–Kier alpha value is -4.77. The van der Waals surface area contributed by atoms with Crippen LogP contribution in [0, 0.1) is 5.82 Å². The Morgan fingerprint density at radius 1 is 1.23 bits per heavy atom. The van der Waals surface area contributed by atoms with Crippen LogP contribution in [0.3, 0.4) is 0 Å². The van der Waals surface area contributed by atoms with E-state index in [9.17, 15) is 14.0 Å². The Labute approximate surface area is 225 Å². The molecule has 10 nitrogen and oxygen atoms in total. The fourth-order valence-electron chi connectivity index (χ4n) is 4.05. The largest absolute Gasteiger partial charge is 0.488 e. The predicted molar refractivity (Wildman–Crippen MR) is 145 cm³/mol. The average Bonchev–Trinajstić information content (AvgIpc) is 3.38. The molecule has 0 spiro atoms. The number of amides is 2. The molecule has 1 aliphatic rings. The number of allylic oxidation sites excluding steroid dienone is 3. The summed E-state index contributed by atoms with van der Waals surface area (Å²) in [5.41, 5.74) is 2.66. The molecule has 0 saturated carbocycles. The van der Waals surface area contributed by atoms with Gasteiger partial charge in [0.15, 0.2) is 0 Å². The van der Waals surface area contributed by atoms with Crippen molar-refractivity contribution >= 4 is 18.0 Å². The molecular weight excluding hydrogens is 503 g/mol. The number of rotatable bonds is 9. The van der Waals surface area contributed by atoms with Gasteiger partial charge in [0, 0.05) is 31.9 Å². The number of nitrogens with zero attached hydrogens (tertiary/aromatic N) is 4. The van der Waals surface area contributed by atoms with E-state index < -0.39 is 5.91 Å². The van der Waals surface area contributed by atoms with Gasteiger partial charge in [0.25, 0.3) is 11.8 Å². The topological polar surface area (TPSA) is 124 Å². The summed E-state index contributed by atoms with van der Waals surface area (Å²) in [7, 11) is 1.76. The van der Waals surface area contributed by atoms with Gasteiger partial charge in [-0.15, -0.1) is 0 Å². The van der Waals surface area contributed by atoms with E-state index >= 15 is 0 Å². The van der Waals surface area contributed by atoms with Crippen LogP contribution in [0.2, 0.25) is 0 Å². The molecule has 1 fully saturated rings. The second kappa shape index (κ2) is 12.7. The quantitative estimate of drug-likeness (QED) is 0.189. The maximum Gasteiger partial charge on any atom is 0.259 e. The number of hydrogen-bond acceptors (Lipinski definition) is 7. The molecule has 1 aromatic heterocycles. The molecule has 0 bridgehead atoms. The molecule has 11 heteroatoms. The van der Waals surface area contributed by atoms with E-state index in [2.05, 4.69) is 22.1 Å². The Kier molecular flexibility index (Phi) is 8.85. The summed E-state index contributed by atoms with van der Waals surface area (Å²) in [5, 5.41) is 10.5. The second-order valence-corrected chi connectivity index (χ2v) is 8.71. The fraction of sp³-hybridized carbons (Fsp3) is 0.214. The number of nitrogens with one attached hydrogen (secondary N) is 1. The zero-order valence-electron chi connectivity index (χ0n) is 21.5. The number of aryl methyl sites for hydroxylation is 1. The number of hydrogen-bond donors (Lipinski definition) is 2. The normalized spacial score (nSPS) is 13.9. The highest BCUT2D eigenvalue weighted by Crippen LogP contribution is 2.33. The summed E-state index contributed by atoms with van der Waals surface area (Å²) < 4.78 is 26.5. The van der Waals surface area contributed by atoms with E-state index in [-0.39, 0.29) is 29.6 Å². The highest BCUT2D eigenvalue weighted by Gasteiger charge is 2.26. The lowest BCUT2D eigenvalue weighted by atomic mass is 9.96. The number of ether oxygens (including phenoxy) is 2. The number of aromatic nitrogens is 2. The van der Waals surface area contributed by atoms with Crippen LogP contribution in [-0.4, -0.2) is 59.0 Å². The number of benzene rings is 2. The minimum Gasteiger partial charge on any atom is -0.488 e. The molecule has 3 N–H and O–H groups in total. The highest BCUT2D eigenvalue weighted by molar-refractivity contribution is 6.06.